The van der Waals surface area contributed by atoms with E-state index in [0.29, 0.717) is 13.1 Å². The van der Waals surface area contributed by atoms with Crippen LogP contribution in [0.25, 0.3) is 10.9 Å². The van der Waals surface area contributed by atoms with Crippen LogP contribution in [-0.2, 0) is 17.8 Å². The summed E-state index contributed by atoms with van der Waals surface area (Å²) in [6.45, 7) is 6.09. The fraction of sp³-hybridized carbons (Fsp3) is 0.381. The van der Waals surface area contributed by atoms with Gasteiger partial charge in [0, 0.05) is 61.2 Å². The largest absolute Gasteiger partial charge is 0.361 e. The molecule has 1 aromatic carbocycles. The van der Waals surface area contributed by atoms with Crippen LogP contribution in [-0.4, -0.2) is 60.0 Å². The van der Waals surface area contributed by atoms with Crippen molar-refractivity contribution in [3.05, 3.63) is 56.8 Å². The van der Waals surface area contributed by atoms with Crippen molar-refractivity contribution in [2.24, 2.45) is 0 Å². The lowest BCUT2D eigenvalue weighted by molar-refractivity contribution is -0.122. The van der Waals surface area contributed by atoms with Gasteiger partial charge in [-0.15, -0.1) is 11.3 Å². The number of thiophene rings is 1. The van der Waals surface area contributed by atoms with Crippen molar-refractivity contribution in [1.82, 2.24) is 20.1 Å². The van der Waals surface area contributed by atoms with E-state index in [2.05, 4.69) is 66.4 Å². The quantitative estimate of drug-likeness (QED) is 0.567. The zero-order valence-corrected chi connectivity index (χ0v) is 18.2. The first kappa shape index (κ1) is 19.6. The summed E-state index contributed by atoms with van der Waals surface area (Å²) in [6, 6.07) is 12.6. The number of carbonyl (C=O) groups is 1. The van der Waals surface area contributed by atoms with Crippen molar-refractivity contribution in [1.29, 1.82) is 0 Å². The Morgan fingerprint density at radius 2 is 1.89 bits per heavy atom. The molecule has 3 aromatic rings. The minimum absolute atomic E-state index is 0.121. The van der Waals surface area contributed by atoms with Gasteiger partial charge in [-0.1, -0.05) is 18.2 Å². The summed E-state index contributed by atoms with van der Waals surface area (Å²) in [6.07, 6.45) is 2.89. The Labute approximate surface area is 177 Å². The van der Waals surface area contributed by atoms with Crippen LogP contribution in [0.3, 0.4) is 0 Å². The second-order valence-corrected chi connectivity index (χ2v) is 9.77. The first-order chi connectivity index (χ1) is 13.7. The molecule has 4 rings (SSSR count). The second kappa shape index (κ2) is 9.22. The van der Waals surface area contributed by atoms with Crippen LogP contribution >= 0.6 is 27.3 Å². The molecule has 2 N–H and O–H groups in total. The summed E-state index contributed by atoms with van der Waals surface area (Å²) in [5.41, 5.74) is 2.40. The van der Waals surface area contributed by atoms with Crippen molar-refractivity contribution < 1.29 is 4.79 Å². The van der Waals surface area contributed by atoms with Crippen LogP contribution < -0.4 is 5.32 Å². The number of piperazine rings is 1. The van der Waals surface area contributed by atoms with Gasteiger partial charge in [0.25, 0.3) is 0 Å². The first-order valence-electron chi connectivity index (χ1n) is 9.68. The molecule has 3 heterocycles. The number of nitrogens with one attached hydrogen (secondary N) is 2. The van der Waals surface area contributed by atoms with Gasteiger partial charge >= 0.3 is 0 Å². The minimum atomic E-state index is 0.121. The molecule has 0 bridgehead atoms. The number of halogens is 1. The molecule has 148 valence electrons. The molecule has 1 amide bonds. The highest BCUT2D eigenvalue weighted by Crippen LogP contribution is 2.23. The van der Waals surface area contributed by atoms with E-state index in [-0.39, 0.29) is 5.91 Å². The molecule has 0 unspecified atom stereocenters. The number of hydrogen-bond acceptors (Lipinski definition) is 4. The van der Waals surface area contributed by atoms with E-state index in [4.69, 9.17) is 0 Å². The van der Waals surface area contributed by atoms with E-state index in [1.807, 2.05) is 12.3 Å². The number of amides is 1. The molecule has 1 fully saturated rings. The van der Waals surface area contributed by atoms with Crippen LogP contribution in [0.5, 0.6) is 0 Å². The summed E-state index contributed by atoms with van der Waals surface area (Å²) in [5, 5.41) is 4.32. The number of fused-ring (bicyclic) bond motifs is 1. The molecule has 0 radical (unpaired) electrons. The Balaban J connectivity index is 1.16. The number of aromatic nitrogens is 1. The maximum absolute atomic E-state index is 12.3. The lowest BCUT2D eigenvalue weighted by atomic mass is 10.1. The molecule has 0 spiro atoms. The minimum Gasteiger partial charge on any atom is -0.361 e. The molecule has 1 aliphatic heterocycles. The van der Waals surface area contributed by atoms with Crippen molar-refractivity contribution in [2.45, 2.75) is 13.0 Å². The number of rotatable bonds is 7. The van der Waals surface area contributed by atoms with Crippen LogP contribution in [0.2, 0.25) is 0 Å². The average Bonchev–Trinajstić information content (AvgIpc) is 3.30. The summed E-state index contributed by atoms with van der Waals surface area (Å²) in [4.78, 5) is 21.7. The van der Waals surface area contributed by atoms with Crippen molar-refractivity contribution >= 4 is 44.1 Å². The average molecular weight is 461 g/mol. The third-order valence-corrected chi connectivity index (χ3v) is 6.84. The summed E-state index contributed by atoms with van der Waals surface area (Å²) in [7, 11) is 0. The molecule has 0 atom stereocenters. The van der Waals surface area contributed by atoms with Gasteiger partial charge in [0.05, 0.1) is 10.3 Å². The van der Waals surface area contributed by atoms with Crippen LogP contribution in [0.1, 0.15) is 10.4 Å². The molecule has 7 heteroatoms. The normalized spacial score (nSPS) is 15.9. The summed E-state index contributed by atoms with van der Waals surface area (Å²) < 4.78 is 1.19. The highest BCUT2D eigenvalue weighted by atomic mass is 79.9. The maximum atomic E-state index is 12.3. The predicted molar refractivity (Wildman–Crippen MR) is 119 cm³/mol. The van der Waals surface area contributed by atoms with Crippen LogP contribution in [0.15, 0.2) is 46.4 Å². The van der Waals surface area contributed by atoms with E-state index in [9.17, 15) is 4.79 Å². The molecule has 0 saturated carbocycles. The number of hydrogen-bond donors (Lipinski definition) is 2. The van der Waals surface area contributed by atoms with Gasteiger partial charge in [0.2, 0.25) is 5.91 Å². The maximum Gasteiger partial charge on any atom is 0.234 e. The number of benzene rings is 1. The third-order valence-electron chi connectivity index (χ3n) is 5.23. The Bertz CT molecular complexity index is 929. The first-order valence-corrected chi connectivity index (χ1v) is 11.3. The highest BCUT2D eigenvalue weighted by Gasteiger charge is 2.19. The lowest BCUT2D eigenvalue weighted by Gasteiger charge is -2.34. The number of H-pyrrole nitrogens is 1. The van der Waals surface area contributed by atoms with Crippen molar-refractivity contribution in [3.8, 4) is 0 Å². The number of para-hydroxylation sites is 1. The van der Waals surface area contributed by atoms with Gasteiger partial charge in [0.15, 0.2) is 0 Å². The molecule has 0 aliphatic carbocycles. The number of nitrogens with zero attached hydrogens (tertiary/aromatic N) is 2. The Morgan fingerprint density at radius 3 is 2.68 bits per heavy atom. The summed E-state index contributed by atoms with van der Waals surface area (Å²) in [5.74, 6) is 0.121. The van der Waals surface area contributed by atoms with Crippen LogP contribution in [0, 0.1) is 0 Å². The Kier molecular flexibility index (Phi) is 6.47. The fourth-order valence-corrected chi connectivity index (χ4v) is 5.22. The molecule has 1 saturated heterocycles. The van der Waals surface area contributed by atoms with Gasteiger partial charge < -0.3 is 10.3 Å². The standard InChI is InChI=1S/C21H25BrN4OS/c22-20-6-5-17(28-20)14-25-9-11-26(12-10-25)15-21(27)23-8-7-16-13-24-19-4-2-1-3-18(16)19/h1-6,13,24H,7-12,14-15H2,(H,23,27). The summed E-state index contributed by atoms with van der Waals surface area (Å²) >= 11 is 5.32. The topological polar surface area (TPSA) is 51.4 Å². The molecule has 28 heavy (non-hydrogen) atoms. The smallest absolute Gasteiger partial charge is 0.234 e. The van der Waals surface area contributed by atoms with Crippen LogP contribution in [0.4, 0.5) is 0 Å². The van der Waals surface area contributed by atoms with Gasteiger partial charge in [-0.2, -0.15) is 0 Å². The Hall–Kier alpha value is -1.67. The number of carbonyl (C=O) groups excluding carboxylic acids is 1. The van der Waals surface area contributed by atoms with Gasteiger partial charge in [-0.3, -0.25) is 14.6 Å². The molecular weight excluding hydrogens is 436 g/mol. The van der Waals surface area contributed by atoms with E-state index >= 15 is 0 Å². The SMILES string of the molecule is O=C(CN1CCN(Cc2ccc(Br)s2)CC1)NCCc1c[nH]c2ccccc12. The molecule has 1 aliphatic rings. The lowest BCUT2D eigenvalue weighted by Crippen LogP contribution is -2.49. The zero-order valence-electron chi connectivity index (χ0n) is 15.8. The Morgan fingerprint density at radius 1 is 1.11 bits per heavy atom. The van der Waals surface area contributed by atoms with Crippen molar-refractivity contribution in [3.63, 3.8) is 0 Å². The highest BCUT2D eigenvalue weighted by molar-refractivity contribution is 9.11. The molecule has 2 aromatic heterocycles. The molecule has 5 nitrogen and oxygen atoms in total. The van der Waals surface area contributed by atoms with Gasteiger partial charge in [0.1, 0.15) is 0 Å². The predicted octanol–water partition coefficient (Wildman–Crippen LogP) is 3.47. The number of aromatic amines is 1. The van der Waals surface area contributed by atoms with E-state index in [1.54, 1.807) is 11.3 Å². The van der Waals surface area contributed by atoms with E-state index in [1.165, 1.54) is 19.6 Å². The molecular formula is C21H25BrN4OS. The monoisotopic (exact) mass is 460 g/mol. The van der Waals surface area contributed by atoms with Gasteiger partial charge in [-0.25, -0.2) is 0 Å². The van der Waals surface area contributed by atoms with Crippen molar-refractivity contribution in [2.75, 3.05) is 39.3 Å². The van der Waals surface area contributed by atoms with E-state index < -0.39 is 0 Å². The van der Waals surface area contributed by atoms with Gasteiger partial charge in [-0.05, 0) is 46.1 Å². The third kappa shape index (κ3) is 5.03. The zero-order chi connectivity index (χ0) is 19.3. The van der Waals surface area contributed by atoms with E-state index in [0.717, 1.165) is 44.7 Å². The second-order valence-electron chi connectivity index (χ2n) is 7.22. The fourth-order valence-electron chi connectivity index (χ4n) is 3.70.